The standard InChI is InChI=1S/C16H25NO4S.ClH/c1-15(2,12-17(4)5)22(20,21)16(3,14(18)19)11-13-9-7-6-8-10-13;/h6-10H,11-12H2,1-5H3,(H,18,19);1H. The van der Waals surface area contributed by atoms with Crippen LogP contribution in [-0.4, -0.2) is 54.5 Å². The fourth-order valence-corrected chi connectivity index (χ4v) is 4.96. The van der Waals surface area contributed by atoms with Gasteiger partial charge in [0.15, 0.2) is 14.6 Å². The first-order valence-electron chi connectivity index (χ1n) is 7.10. The molecule has 7 heteroatoms. The lowest BCUT2D eigenvalue weighted by atomic mass is 10.0. The number of nitrogens with zero attached hydrogens (tertiary/aromatic N) is 1. The Hall–Kier alpha value is -1.11. The topological polar surface area (TPSA) is 74.7 Å². The molecule has 0 amide bonds. The quantitative estimate of drug-likeness (QED) is 0.804. The van der Waals surface area contributed by atoms with Gasteiger partial charge in [0.25, 0.3) is 0 Å². The number of aliphatic carboxylic acids is 1. The Balaban J connectivity index is 0.00000484. The summed E-state index contributed by atoms with van der Waals surface area (Å²) >= 11 is 0. The molecule has 1 rings (SSSR count). The summed E-state index contributed by atoms with van der Waals surface area (Å²) in [5.41, 5.74) is 0.691. The van der Waals surface area contributed by atoms with Crippen molar-refractivity contribution < 1.29 is 18.3 Å². The third-order valence-corrected chi connectivity index (χ3v) is 6.94. The van der Waals surface area contributed by atoms with Crippen molar-refractivity contribution in [2.24, 2.45) is 0 Å². The van der Waals surface area contributed by atoms with E-state index in [9.17, 15) is 18.3 Å². The van der Waals surface area contributed by atoms with Crippen molar-refractivity contribution in [2.45, 2.75) is 36.7 Å². The molecule has 0 spiro atoms. The number of hydrogen-bond acceptors (Lipinski definition) is 4. The number of sulfone groups is 1. The van der Waals surface area contributed by atoms with Crippen LogP contribution in [0.4, 0.5) is 0 Å². The third kappa shape index (κ3) is 4.46. The molecule has 0 radical (unpaired) electrons. The number of carboxylic acids is 1. The Morgan fingerprint density at radius 2 is 1.61 bits per heavy atom. The lowest BCUT2D eigenvalue weighted by Crippen LogP contribution is -2.56. The minimum atomic E-state index is -3.93. The molecule has 0 heterocycles. The van der Waals surface area contributed by atoms with Gasteiger partial charge in [0.1, 0.15) is 0 Å². The maximum atomic E-state index is 13.0. The number of carbonyl (C=O) groups is 1. The van der Waals surface area contributed by atoms with E-state index in [1.54, 1.807) is 57.1 Å². The van der Waals surface area contributed by atoms with Crippen LogP contribution in [-0.2, 0) is 21.1 Å². The van der Waals surface area contributed by atoms with Gasteiger partial charge in [-0.2, -0.15) is 0 Å². The van der Waals surface area contributed by atoms with Gasteiger partial charge in [-0.15, -0.1) is 12.4 Å². The van der Waals surface area contributed by atoms with Crippen molar-refractivity contribution in [2.75, 3.05) is 20.6 Å². The maximum Gasteiger partial charge on any atom is 0.325 e. The normalized spacial score (nSPS) is 14.9. The lowest BCUT2D eigenvalue weighted by molar-refractivity contribution is -0.139. The smallest absolute Gasteiger partial charge is 0.325 e. The van der Waals surface area contributed by atoms with Gasteiger partial charge in [0.05, 0.1) is 4.75 Å². The van der Waals surface area contributed by atoms with Gasteiger partial charge in [0.2, 0.25) is 0 Å². The molecule has 1 N–H and O–H groups in total. The predicted molar refractivity (Wildman–Crippen MR) is 95.0 cm³/mol. The van der Waals surface area contributed by atoms with Gasteiger partial charge in [-0.25, -0.2) is 8.42 Å². The average molecular weight is 364 g/mol. The zero-order valence-electron chi connectivity index (χ0n) is 14.2. The van der Waals surface area contributed by atoms with E-state index in [-0.39, 0.29) is 25.4 Å². The maximum absolute atomic E-state index is 13.0. The van der Waals surface area contributed by atoms with E-state index in [1.165, 1.54) is 6.92 Å². The van der Waals surface area contributed by atoms with Gasteiger partial charge >= 0.3 is 5.97 Å². The molecule has 5 nitrogen and oxygen atoms in total. The summed E-state index contributed by atoms with van der Waals surface area (Å²) in [4.78, 5) is 13.6. The average Bonchev–Trinajstić information content (AvgIpc) is 2.37. The van der Waals surface area contributed by atoms with Gasteiger partial charge in [0, 0.05) is 13.0 Å². The Labute approximate surface area is 145 Å². The van der Waals surface area contributed by atoms with Crippen LogP contribution >= 0.6 is 12.4 Å². The summed E-state index contributed by atoms with van der Waals surface area (Å²) in [5, 5.41) is 9.63. The van der Waals surface area contributed by atoms with Crippen LogP contribution in [0, 0.1) is 0 Å². The van der Waals surface area contributed by atoms with Crippen molar-refractivity contribution in [3.05, 3.63) is 35.9 Å². The number of hydrogen-bond donors (Lipinski definition) is 1. The summed E-state index contributed by atoms with van der Waals surface area (Å²) in [6.45, 7) is 4.71. The van der Waals surface area contributed by atoms with Gasteiger partial charge in [-0.1, -0.05) is 30.3 Å². The van der Waals surface area contributed by atoms with Crippen LogP contribution in [0.5, 0.6) is 0 Å². The molecular weight excluding hydrogens is 338 g/mol. The zero-order valence-corrected chi connectivity index (χ0v) is 15.9. The van der Waals surface area contributed by atoms with Crippen molar-refractivity contribution in [3.8, 4) is 0 Å². The minimum Gasteiger partial charge on any atom is -0.480 e. The van der Waals surface area contributed by atoms with Crippen molar-refractivity contribution in [3.63, 3.8) is 0 Å². The number of halogens is 1. The van der Waals surface area contributed by atoms with Gasteiger partial charge in [-0.05, 0) is 40.4 Å². The zero-order chi connectivity index (χ0) is 17.2. The molecule has 0 saturated heterocycles. The number of benzene rings is 1. The highest BCUT2D eigenvalue weighted by molar-refractivity contribution is 7.94. The second-order valence-corrected chi connectivity index (χ2v) is 9.71. The largest absolute Gasteiger partial charge is 0.480 e. The molecule has 1 atom stereocenters. The van der Waals surface area contributed by atoms with Crippen molar-refractivity contribution in [1.82, 2.24) is 4.90 Å². The van der Waals surface area contributed by atoms with E-state index in [4.69, 9.17) is 0 Å². The highest BCUT2D eigenvalue weighted by Gasteiger charge is 2.54. The highest BCUT2D eigenvalue weighted by atomic mass is 35.5. The van der Waals surface area contributed by atoms with Crippen LogP contribution in [0.25, 0.3) is 0 Å². The third-order valence-electron chi connectivity index (χ3n) is 3.85. The van der Waals surface area contributed by atoms with E-state index in [1.807, 2.05) is 6.07 Å². The first-order chi connectivity index (χ1) is 9.94. The molecule has 1 unspecified atom stereocenters. The molecule has 0 aliphatic rings. The predicted octanol–water partition coefficient (Wildman–Crippen LogP) is 2.25. The fraction of sp³-hybridized carbons (Fsp3) is 0.562. The van der Waals surface area contributed by atoms with E-state index >= 15 is 0 Å². The summed E-state index contributed by atoms with van der Waals surface area (Å²) in [7, 11) is -0.393. The summed E-state index contributed by atoms with van der Waals surface area (Å²) in [5.74, 6) is -1.32. The van der Waals surface area contributed by atoms with E-state index < -0.39 is 25.3 Å². The molecule has 0 aliphatic carbocycles. The van der Waals surface area contributed by atoms with Crippen molar-refractivity contribution >= 4 is 28.2 Å². The summed E-state index contributed by atoms with van der Waals surface area (Å²) in [6.07, 6.45) is -0.0532. The Kier molecular flexibility index (Phi) is 7.27. The first-order valence-corrected chi connectivity index (χ1v) is 8.58. The second kappa shape index (κ2) is 7.64. The monoisotopic (exact) mass is 363 g/mol. The summed E-state index contributed by atoms with van der Waals surface area (Å²) in [6, 6.07) is 8.85. The highest BCUT2D eigenvalue weighted by Crippen LogP contribution is 2.33. The van der Waals surface area contributed by atoms with Gasteiger partial charge in [-0.3, -0.25) is 4.79 Å². The molecule has 23 heavy (non-hydrogen) atoms. The van der Waals surface area contributed by atoms with Crippen LogP contribution in [0.2, 0.25) is 0 Å². The molecule has 0 saturated carbocycles. The fourth-order valence-electron chi connectivity index (χ4n) is 2.73. The van der Waals surface area contributed by atoms with Crippen LogP contribution < -0.4 is 0 Å². The SMILES string of the molecule is CN(C)CC(C)(C)S(=O)(=O)C(C)(Cc1ccccc1)C(=O)O.Cl. The molecule has 1 aromatic carbocycles. The van der Waals surface area contributed by atoms with Gasteiger partial charge < -0.3 is 10.0 Å². The van der Waals surface area contributed by atoms with E-state index in [0.29, 0.717) is 5.56 Å². The second-order valence-electron chi connectivity index (χ2n) is 6.70. The molecular formula is C16H26ClNO4S. The first kappa shape index (κ1) is 21.9. The molecule has 0 fully saturated rings. The van der Waals surface area contributed by atoms with Crippen LogP contribution in [0.3, 0.4) is 0 Å². The summed E-state index contributed by atoms with van der Waals surface area (Å²) < 4.78 is 23.1. The molecule has 1 aromatic rings. The van der Waals surface area contributed by atoms with Crippen LogP contribution in [0.1, 0.15) is 26.3 Å². The van der Waals surface area contributed by atoms with Crippen molar-refractivity contribution in [1.29, 1.82) is 0 Å². The number of rotatable bonds is 7. The molecule has 132 valence electrons. The lowest BCUT2D eigenvalue weighted by Gasteiger charge is -2.36. The molecule has 0 aliphatic heterocycles. The molecule has 0 aromatic heterocycles. The minimum absolute atomic E-state index is 0. The Morgan fingerprint density at radius 1 is 1.13 bits per heavy atom. The van der Waals surface area contributed by atoms with Crippen LogP contribution in [0.15, 0.2) is 30.3 Å². The Morgan fingerprint density at radius 3 is 2.00 bits per heavy atom. The van der Waals surface area contributed by atoms with E-state index in [0.717, 1.165) is 0 Å². The van der Waals surface area contributed by atoms with E-state index in [2.05, 4.69) is 0 Å². The molecule has 0 bridgehead atoms. The Bertz CT molecular complexity index is 629. The number of carboxylic acid groups (broad SMARTS) is 1.